The van der Waals surface area contributed by atoms with Crippen LogP contribution < -0.4 is 0 Å². The molecule has 0 atom stereocenters. The van der Waals surface area contributed by atoms with Crippen molar-refractivity contribution in [3.63, 3.8) is 0 Å². The van der Waals surface area contributed by atoms with Crippen molar-refractivity contribution in [1.29, 1.82) is 0 Å². The Balaban J connectivity index is 2.59. The minimum Gasteiger partial charge on any atom is -0.366 e. The number of H-pyrrole nitrogens is 1. The van der Waals surface area contributed by atoms with Crippen LogP contribution in [-0.4, -0.2) is 9.97 Å². The first-order chi connectivity index (χ1) is 6.29. The zero-order chi connectivity index (χ0) is 9.26. The SMILES string of the molecule is Clc1cccnc1-c1c[nH]cc1Br. The molecule has 0 saturated heterocycles. The minimum absolute atomic E-state index is 0.655. The normalized spacial score (nSPS) is 10.3. The Hall–Kier alpha value is -0.800. The Morgan fingerprint density at radius 2 is 2.23 bits per heavy atom. The van der Waals surface area contributed by atoms with Gasteiger partial charge in [-0.3, -0.25) is 4.98 Å². The first kappa shape index (κ1) is 8.78. The van der Waals surface area contributed by atoms with E-state index in [-0.39, 0.29) is 0 Å². The third kappa shape index (κ3) is 1.62. The number of nitrogens with one attached hydrogen (secondary N) is 1. The molecule has 2 aromatic heterocycles. The molecule has 13 heavy (non-hydrogen) atoms. The summed E-state index contributed by atoms with van der Waals surface area (Å²) < 4.78 is 0.966. The Bertz CT molecular complexity index is 425. The third-order valence-electron chi connectivity index (χ3n) is 1.71. The fourth-order valence-corrected chi connectivity index (χ4v) is 1.77. The first-order valence-electron chi connectivity index (χ1n) is 3.72. The average Bonchev–Trinajstić information content (AvgIpc) is 2.52. The number of nitrogens with zero attached hydrogens (tertiary/aromatic N) is 1. The molecule has 0 unspecified atom stereocenters. The van der Waals surface area contributed by atoms with Gasteiger partial charge >= 0.3 is 0 Å². The molecule has 1 N–H and O–H groups in total. The zero-order valence-electron chi connectivity index (χ0n) is 6.59. The molecule has 0 saturated carbocycles. The molecular formula is C9H6BrClN2. The van der Waals surface area contributed by atoms with E-state index >= 15 is 0 Å². The van der Waals surface area contributed by atoms with Crippen molar-refractivity contribution in [2.45, 2.75) is 0 Å². The van der Waals surface area contributed by atoms with Gasteiger partial charge in [0.1, 0.15) is 0 Å². The number of aromatic amines is 1. The van der Waals surface area contributed by atoms with Crippen molar-refractivity contribution < 1.29 is 0 Å². The topological polar surface area (TPSA) is 28.7 Å². The monoisotopic (exact) mass is 256 g/mol. The van der Waals surface area contributed by atoms with Crippen LogP contribution in [-0.2, 0) is 0 Å². The van der Waals surface area contributed by atoms with Crippen LogP contribution >= 0.6 is 27.5 Å². The van der Waals surface area contributed by atoms with Gasteiger partial charge in [0, 0.05) is 28.6 Å². The number of hydrogen-bond acceptors (Lipinski definition) is 1. The van der Waals surface area contributed by atoms with E-state index in [2.05, 4.69) is 25.9 Å². The molecule has 0 aliphatic carbocycles. The van der Waals surface area contributed by atoms with Crippen LogP contribution in [0.25, 0.3) is 11.3 Å². The Labute approximate surface area is 89.1 Å². The summed E-state index contributed by atoms with van der Waals surface area (Å²) >= 11 is 9.40. The number of halogens is 2. The van der Waals surface area contributed by atoms with Crippen LogP contribution in [0.3, 0.4) is 0 Å². The van der Waals surface area contributed by atoms with Crippen LogP contribution in [0.1, 0.15) is 0 Å². The maximum atomic E-state index is 5.99. The second-order valence-electron chi connectivity index (χ2n) is 2.55. The highest BCUT2D eigenvalue weighted by Crippen LogP contribution is 2.30. The molecule has 2 aromatic rings. The van der Waals surface area contributed by atoms with Crippen molar-refractivity contribution >= 4 is 27.5 Å². The molecule has 0 aromatic carbocycles. The van der Waals surface area contributed by atoms with E-state index in [9.17, 15) is 0 Å². The van der Waals surface area contributed by atoms with Crippen LogP contribution in [0.4, 0.5) is 0 Å². The Kier molecular flexibility index (Phi) is 2.38. The molecule has 66 valence electrons. The molecule has 0 spiro atoms. The fourth-order valence-electron chi connectivity index (χ4n) is 1.11. The van der Waals surface area contributed by atoms with Gasteiger partial charge < -0.3 is 4.98 Å². The summed E-state index contributed by atoms with van der Waals surface area (Å²) in [6.45, 7) is 0. The van der Waals surface area contributed by atoms with Gasteiger partial charge in [-0.05, 0) is 28.1 Å². The highest BCUT2D eigenvalue weighted by molar-refractivity contribution is 9.10. The van der Waals surface area contributed by atoms with Crippen molar-refractivity contribution in [2.75, 3.05) is 0 Å². The van der Waals surface area contributed by atoms with E-state index in [0.717, 1.165) is 15.7 Å². The summed E-state index contributed by atoms with van der Waals surface area (Å²) in [4.78, 5) is 7.18. The van der Waals surface area contributed by atoms with Gasteiger partial charge in [0.2, 0.25) is 0 Å². The molecule has 0 fully saturated rings. The van der Waals surface area contributed by atoms with Gasteiger partial charge in [-0.15, -0.1) is 0 Å². The molecule has 0 amide bonds. The lowest BCUT2D eigenvalue weighted by Gasteiger charge is -1.99. The van der Waals surface area contributed by atoms with Gasteiger partial charge in [0.25, 0.3) is 0 Å². The van der Waals surface area contributed by atoms with E-state index in [1.54, 1.807) is 6.20 Å². The highest BCUT2D eigenvalue weighted by Gasteiger charge is 2.07. The Morgan fingerprint density at radius 3 is 2.85 bits per heavy atom. The van der Waals surface area contributed by atoms with E-state index in [0.29, 0.717) is 5.02 Å². The zero-order valence-corrected chi connectivity index (χ0v) is 8.93. The summed E-state index contributed by atoms with van der Waals surface area (Å²) in [7, 11) is 0. The fraction of sp³-hybridized carbons (Fsp3) is 0. The molecular weight excluding hydrogens is 251 g/mol. The molecule has 0 radical (unpaired) electrons. The predicted molar refractivity (Wildman–Crippen MR) is 56.7 cm³/mol. The molecule has 0 aliphatic heterocycles. The van der Waals surface area contributed by atoms with Gasteiger partial charge in [0.05, 0.1) is 10.7 Å². The third-order valence-corrected chi connectivity index (χ3v) is 2.67. The number of aromatic nitrogens is 2. The van der Waals surface area contributed by atoms with Crippen LogP contribution in [0, 0.1) is 0 Å². The largest absolute Gasteiger partial charge is 0.366 e. The summed E-state index contributed by atoms with van der Waals surface area (Å²) in [5, 5.41) is 0.655. The molecule has 0 bridgehead atoms. The molecule has 2 heterocycles. The maximum Gasteiger partial charge on any atom is 0.0914 e. The summed E-state index contributed by atoms with van der Waals surface area (Å²) in [5.41, 5.74) is 1.77. The number of rotatable bonds is 1. The first-order valence-corrected chi connectivity index (χ1v) is 4.89. The summed E-state index contributed by atoms with van der Waals surface area (Å²) in [6, 6.07) is 3.63. The van der Waals surface area contributed by atoms with Gasteiger partial charge in [-0.2, -0.15) is 0 Å². The van der Waals surface area contributed by atoms with Crippen molar-refractivity contribution in [3.8, 4) is 11.3 Å². The quantitative estimate of drug-likeness (QED) is 0.832. The smallest absolute Gasteiger partial charge is 0.0914 e. The minimum atomic E-state index is 0.655. The van der Waals surface area contributed by atoms with E-state index in [4.69, 9.17) is 11.6 Å². The van der Waals surface area contributed by atoms with Crippen molar-refractivity contribution in [1.82, 2.24) is 9.97 Å². The van der Waals surface area contributed by atoms with Crippen molar-refractivity contribution in [2.24, 2.45) is 0 Å². The second-order valence-corrected chi connectivity index (χ2v) is 3.81. The second kappa shape index (κ2) is 3.52. The summed E-state index contributed by atoms with van der Waals surface area (Å²) in [6.07, 6.45) is 5.43. The average molecular weight is 258 g/mol. The van der Waals surface area contributed by atoms with Crippen LogP contribution in [0.15, 0.2) is 35.2 Å². The van der Waals surface area contributed by atoms with Gasteiger partial charge in [-0.25, -0.2) is 0 Å². The number of pyridine rings is 1. The molecule has 2 rings (SSSR count). The highest BCUT2D eigenvalue weighted by atomic mass is 79.9. The lowest BCUT2D eigenvalue weighted by atomic mass is 10.2. The van der Waals surface area contributed by atoms with Gasteiger partial charge in [-0.1, -0.05) is 11.6 Å². The Morgan fingerprint density at radius 1 is 1.38 bits per heavy atom. The lowest BCUT2D eigenvalue weighted by molar-refractivity contribution is 1.32. The lowest BCUT2D eigenvalue weighted by Crippen LogP contribution is -1.81. The molecule has 4 heteroatoms. The maximum absolute atomic E-state index is 5.99. The molecule has 2 nitrogen and oxygen atoms in total. The van der Waals surface area contributed by atoms with E-state index < -0.39 is 0 Å². The summed E-state index contributed by atoms with van der Waals surface area (Å²) in [5.74, 6) is 0. The van der Waals surface area contributed by atoms with Crippen LogP contribution in [0.2, 0.25) is 5.02 Å². The standard InChI is InChI=1S/C9H6BrClN2/c10-7-5-12-4-6(7)9-8(11)2-1-3-13-9/h1-5,12H. The van der Waals surface area contributed by atoms with Crippen molar-refractivity contribution in [3.05, 3.63) is 40.2 Å². The molecule has 0 aliphatic rings. The van der Waals surface area contributed by atoms with Crippen LogP contribution in [0.5, 0.6) is 0 Å². The van der Waals surface area contributed by atoms with E-state index in [1.165, 1.54) is 0 Å². The van der Waals surface area contributed by atoms with Gasteiger partial charge in [0.15, 0.2) is 0 Å². The predicted octanol–water partition coefficient (Wildman–Crippen LogP) is 3.49. The number of hydrogen-bond donors (Lipinski definition) is 1. The van der Waals surface area contributed by atoms with E-state index in [1.807, 2.05) is 24.5 Å².